The Balaban J connectivity index is 1.17. The summed E-state index contributed by atoms with van der Waals surface area (Å²) in [5, 5.41) is 17.5. The van der Waals surface area contributed by atoms with Crippen molar-refractivity contribution in [2.45, 2.75) is 31.9 Å². The normalized spacial score (nSPS) is 17.2. The second-order valence-electron chi connectivity index (χ2n) is 9.86. The van der Waals surface area contributed by atoms with E-state index in [2.05, 4.69) is 25.4 Å². The lowest BCUT2D eigenvalue weighted by Crippen LogP contribution is -2.50. The number of halogens is 3. The molecule has 2 aromatic carbocycles. The minimum absolute atomic E-state index is 0.0991. The number of benzene rings is 2. The predicted octanol–water partition coefficient (Wildman–Crippen LogP) is 4.87. The minimum atomic E-state index is -3.07. The van der Waals surface area contributed by atoms with Crippen molar-refractivity contribution < 1.29 is 27.8 Å². The fraction of sp³-hybridized carbons (Fsp3) is 0.286. The number of nitrogens with zero attached hydrogens (tertiary/aromatic N) is 6. The molecule has 13 heteroatoms. The van der Waals surface area contributed by atoms with Crippen LogP contribution in [0.25, 0.3) is 16.6 Å². The zero-order chi connectivity index (χ0) is 28.7. The van der Waals surface area contributed by atoms with E-state index in [-0.39, 0.29) is 30.8 Å². The van der Waals surface area contributed by atoms with E-state index in [1.807, 2.05) is 13.0 Å². The first-order chi connectivity index (χ1) is 19.7. The number of likely N-dealkylation sites (tertiary alicyclic amines) is 1. The van der Waals surface area contributed by atoms with Crippen LogP contribution in [0.15, 0.2) is 55.0 Å². The first-order valence-electron chi connectivity index (χ1n) is 12.9. The smallest absolute Gasteiger partial charge is 0.275 e. The molecule has 1 fully saturated rings. The summed E-state index contributed by atoms with van der Waals surface area (Å²) in [6.45, 7) is 2.13. The molecule has 0 bridgehead atoms. The van der Waals surface area contributed by atoms with Crippen molar-refractivity contribution in [2.24, 2.45) is 0 Å². The van der Waals surface area contributed by atoms with Gasteiger partial charge in [-0.1, -0.05) is 0 Å². The lowest BCUT2D eigenvalue weighted by Gasteiger charge is -2.34. The Morgan fingerprint density at radius 2 is 1.95 bits per heavy atom. The third kappa shape index (κ3) is 5.33. The number of aryl methyl sites for hydroxylation is 1. The highest BCUT2D eigenvalue weighted by molar-refractivity contribution is 5.92. The highest BCUT2D eigenvalue weighted by Gasteiger charge is 2.43. The molecule has 2 N–H and O–H groups in total. The summed E-state index contributed by atoms with van der Waals surface area (Å²) in [4.78, 5) is 14.6. The van der Waals surface area contributed by atoms with Crippen LogP contribution in [0.5, 0.6) is 17.2 Å². The average molecular weight is 566 g/mol. The molecule has 5 aromatic rings. The van der Waals surface area contributed by atoms with Crippen LogP contribution in [0.1, 0.15) is 17.8 Å². The molecule has 0 spiro atoms. The van der Waals surface area contributed by atoms with Gasteiger partial charge in [-0.25, -0.2) is 32.6 Å². The molecule has 3 aromatic heterocycles. The van der Waals surface area contributed by atoms with Crippen LogP contribution in [-0.2, 0) is 6.54 Å². The zero-order valence-electron chi connectivity index (χ0n) is 22.2. The maximum absolute atomic E-state index is 15.0. The number of ether oxygens (including phenoxy) is 2. The quantitative estimate of drug-likeness (QED) is 0.286. The van der Waals surface area contributed by atoms with Gasteiger partial charge in [0.05, 0.1) is 24.6 Å². The van der Waals surface area contributed by atoms with Gasteiger partial charge in [-0.3, -0.25) is 4.90 Å². The molecule has 0 aliphatic carbocycles. The third-order valence-electron chi connectivity index (χ3n) is 6.99. The molecule has 0 radical (unpaired) electrons. The van der Waals surface area contributed by atoms with Crippen molar-refractivity contribution in [2.75, 3.05) is 25.5 Å². The highest BCUT2D eigenvalue weighted by Crippen LogP contribution is 2.33. The van der Waals surface area contributed by atoms with E-state index in [9.17, 15) is 18.3 Å². The predicted molar refractivity (Wildman–Crippen MR) is 144 cm³/mol. The van der Waals surface area contributed by atoms with E-state index in [0.717, 1.165) is 5.56 Å². The number of piperidine rings is 1. The van der Waals surface area contributed by atoms with Gasteiger partial charge in [0.15, 0.2) is 23.0 Å². The number of aliphatic hydroxyl groups excluding tert-OH is 1. The zero-order valence-corrected chi connectivity index (χ0v) is 22.2. The number of pyridine rings is 1. The number of hydrogen-bond donors (Lipinski definition) is 2. The Hall–Kier alpha value is -4.49. The van der Waals surface area contributed by atoms with Gasteiger partial charge in [0.2, 0.25) is 0 Å². The van der Waals surface area contributed by atoms with Crippen LogP contribution in [0.4, 0.5) is 24.7 Å². The van der Waals surface area contributed by atoms with Gasteiger partial charge in [0.25, 0.3) is 5.92 Å². The highest BCUT2D eigenvalue weighted by atomic mass is 19.3. The van der Waals surface area contributed by atoms with Gasteiger partial charge in [0, 0.05) is 37.5 Å². The van der Waals surface area contributed by atoms with Crippen molar-refractivity contribution in [1.29, 1.82) is 0 Å². The first-order valence-corrected chi connectivity index (χ1v) is 12.9. The van der Waals surface area contributed by atoms with Crippen LogP contribution in [0.2, 0.25) is 0 Å². The molecule has 41 heavy (non-hydrogen) atoms. The molecule has 10 nitrogen and oxygen atoms in total. The van der Waals surface area contributed by atoms with E-state index in [1.165, 1.54) is 19.5 Å². The molecule has 212 valence electrons. The summed E-state index contributed by atoms with van der Waals surface area (Å²) in [6.07, 6.45) is 0.952. The van der Waals surface area contributed by atoms with Crippen LogP contribution >= 0.6 is 0 Å². The number of fused-ring (bicyclic) bond motifs is 2. The van der Waals surface area contributed by atoms with Gasteiger partial charge in [0.1, 0.15) is 29.7 Å². The van der Waals surface area contributed by atoms with E-state index >= 15 is 0 Å². The topological polar surface area (TPSA) is 110 Å². The van der Waals surface area contributed by atoms with Crippen LogP contribution in [-0.4, -0.2) is 66.8 Å². The summed E-state index contributed by atoms with van der Waals surface area (Å²) in [6, 6.07) is 12.1. The Labute approximate surface area is 232 Å². The molecule has 0 amide bonds. The van der Waals surface area contributed by atoms with Crippen molar-refractivity contribution >= 4 is 28.1 Å². The fourth-order valence-electron chi connectivity index (χ4n) is 4.78. The number of anilines is 2. The maximum Gasteiger partial charge on any atom is 0.275 e. The lowest BCUT2D eigenvalue weighted by atomic mass is 10.0. The fourth-order valence-corrected chi connectivity index (χ4v) is 4.78. The number of aromatic nitrogens is 5. The number of β-amino-alcohol motifs (C(OH)–C–C–N with tert-alkyl or cyclic N) is 1. The Morgan fingerprint density at radius 3 is 2.73 bits per heavy atom. The molecular weight excluding hydrogens is 539 g/mol. The largest absolute Gasteiger partial charge is 0.494 e. The Morgan fingerprint density at radius 1 is 1.12 bits per heavy atom. The van der Waals surface area contributed by atoms with E-state index in [4.69, 9.17) is 9.47 Å². The number of nitrogens with one attached hydrogen (secondary N) is 1. The van der Waals surface area contributed by atoms with Crippen molar-refractivity contribution in [3.8, 4) is 17.2 Å². The third-order valence-corrected chi connectivity index (χ3v) is 6.99. The monoisotopic (exact) mass is 565 g/mol. The number of alkyl halides is 2. The molecule has 6 rings (SSSR count). The number of methoxy groups -OCH3 is 1. The molecule has 1 saturated heterocycles. The average Bonchev–Trinajstić information content (AvgIpc) is 3.34. The molecule has 0 saturated carbocycles. The van der Waals surface area contributed by atoms with Crippen LogP contribution in [0.3, 0.4) is 0 Å². The van der Waals surface area contributed by atoms with E-state index in [1.54, 1.807) is 45.9 Å². The van der Waals surface area contributed by atoms with Crippen LogP contribution < -0.4 is 14.8 Å². The Kier molecular flexibility index (Phi) is 6.83. The van der Waals surface area contributed by atoms with Gasteiger partial charge >= 0.3 is 0 Å². The van der Waals surface area contributed by atoms with Gasteiger partial charge < -0.3 is 19.9 Å². The summed E-state index contributed by atoms with van der Waals surface area (Å²) in [7, 11) is 1.40. The molecule has 1 unspecified atom stereocenters. The van der Waals surface area contributed by atoms with Gasteiger partial charge in [-0.15, -0.1) is 5.10 Å². The molecule has 1 aliphatic rings. The summed E-state index contributed by atoms with van der Waals surface area (Å²) >= 11 is 0. The van der Waals surface area contributed by atoms with Crippen molar-refractivity contribution in [3.05, 3.63) is 72.2 Å². The standard InChI is InChI=1S/C28H26F3N7O3/c1-16-11-17(34-27-25-19(32-15-33-27)4-6-21(40-2)26(25)29)3-5-20(16)41-18-7-9-38-24(12-18)35-23(36-38)14-37-10-8-28(30,31)22(39)13-37/h3-7,9,11-12,15,22,39H,8,10,13-14H2,1-2H3,(H,32,33,34). The summed E-state index contributed by atoms with van der Waals surface area (Å²) in [5.74, 6) is -1.63. The lowest BCUT2D eigenvalue weighted by molar-refractivity contribution is -0.148. The number of aliphatic hydroxyl groups is 1. The first kappa shape index (κ1) is 26.7. The van der Waals surface area contributed by atoms with Gasteiger partial charge in [-0.05, 0) is 48.9 Å². The maximum atomic E-state index is 15.0. The second kappa shape index (κ2) is 10.5. The molecule has 1 atom stereocenters. The van der Waals surface area contributed by atoms with Gasteiger partial charge in [-0.2, -0.15) is 0 Å². The van der Waals surface area contributed by atoms with E-state index < -0.39 is 24.3 Å². The Bertz CT molecular complexity index is 1750. The molecule has 4 heterocycles. The molecule has 1 aliphatic heterocycles. The number of rotatable bonds is 7. The second-order valence-corrected chi connectivity index (χ2v) is 9.86. The summed E-state index contributed by atoms with van der Waals surface area (Å²) in [5.41, 5.74) is 2.47. The minimum Gasteiger partial charge on any atom is -0.494 e. The number of hydrogen-bond acceptors (Lipinski definition) is 9. The van der Waals surface area contributed by atoms with Crippen molar-refractivity contribution in [1.82, 2.24) is 29.5 Å². The SMILES string of the molecule is COc1ccc2ncnc(Nc3ccc(Oc4ccn5nc(CN6CCC(F)(F)C(O)C6)nc5c4)c(C)c3)c2c1F. The van der Waals surface area contributed by atoms with E-state index in [0.29, 0.717) is 40.0 Å². The van der Waals surface area contributed by atoms with Crippen molar-refractivity contribution in [3.63, 3.8) is 0 Å². The summed E-state index contributed by atoms with van der Waals surface area (Å²) < 4.78 is 54.9. The molecular formula is C28H26F3N7O3. The van der Waals surface area contributed by atoms with Crippen LogP contribution in [0, 0.1) is 12.7 Å².